The van der Waals surface area contributed by atoms with Gasteiger partial charge in [0.05, 0.1) is 5.54 Å². The van der Waals surface area contributed by atoms with Crippen molar-refractivity contribution in [2.24, 2.45) is 0 Å². The summed E-state index contributed by atoms with van der Waals surface area (Å²) in [5, 5.41) is 4.07. The van der Waals surface area contributed by atoms with Gasteiger partial charge in [-0.2, -0.15) is 0 Å². The summed E-state index contributed by atoms with van der Waals surface area (Å²) in [5.41, 5.74) is -0.0585. The van der Waals surface area contributed by atoms with Crippen molar-refractivity contribution in [2.45, 2.75) is 12.5 Å². The van der Waals surface area contributed by atoms with E-state index in [9.17, 15) is 9.18 Å². The predicted molar refractivity (Wildman–Crippen MR) is 69.9 cm³/mol. The molecule has 1 aromatic rings. The number of carbonyl (C=O) groups excluding carboxylic acids is 1. The molecule has 0 fully saturated rings. The molecule has 0 radical (unpaired) electrons. The van der Waals surface area contributed by atoms with E-state index >= 15 is 0 Å². The number of benzene rings is 1. The molecule has 0 aliphatic rings. The van der Waals surface area contributed by atoms with Gasteiger partial charge in [0, 0.05) is 16.2 Å². The van der Waals surface area contributed by atoms with Crippen LogP contribution in [0, 0.1) is 5.82 Å². The Balaban J connectivity index is 2.80. The lowest BCUT2D eigenvalue weighted by Gasteiger charge is -2.26. The van der Waals surface area contributed by atoms with Crippen LogP contribution >= 0.6 is 31.9 Å². The van der Waals surface area contributed by atoms with Crippen LogP contribution in [0.5, 0.6) is 0 Å². The first-order valence-corrected chi connectivity index (χ1v) is 6.95. The van der Waals surface area contributed by atoms with Crippen LogP contribution in [0.15, 0.2) is 24.3 Å². The minimum absolute atomic E-state index is 0.277. The Kier molecular flexibility index (Phi) is 4.92. The molecule has 0 aliphatic heterocycles. The van der Waals surface area contributed by atoms with Crippen LogP contribution in [0.25, 0.3) is 0 Å². The van der Waals surface area contributed by atoms with E-state index in [0.717, 1.165) is 0 Å². The molecule has 0 spiro atoms. The van der Waals surface area contributed by atoms with Gasteiger partial charge < -0.3 is 5.32 Å². The zero-order valence-electron chi connectivity index (χ0n) is 8.77. The zero-order chi connectivity index (χ0) is 12.2. The van der Waals surface area contributed by atoms with Crippen molar-refractivity contribution < 1.29 is 9.18 Å². The highest BCUT2D eigenvalue weighted by atomic mass is 79.9. The van der Waals surface area contributed by atoms with E-state index < -0.39 is 5.82 Å². The molecule has 1 aromatic carbocycles. The minimum Gasteiger partial charge on any atom is -0.345 e. The summed E-state index contributed by atoms with van der Waals surface area (Å²) in [6, 6.07) is 5.63. The van der Waals surface area contributed by atoms with Crippen LogP contribution in [-0.2, 0) is 0 Å². The predicted octanol–water partition coefficient (Wildman–Crippen LogP) is 3.10. The molecule has 16 heavy (non-hydrogen) atoms. The topological polar surface area (TPSA) is 29.1 Å². The van der Waals surface area contributed by atoms with Gasteiger partial charge in [-0.3, -0.25) is 4.79 Å². The molecule has 0 aliphatic carbocycles. The second kappa shape index (κ2) is 5.77. The molecule has 1 rings (SSSR count). The van der Waals surface area contributed by atoms with E-state index in [2.05, 4.69) is 37.2 Å². The Bertz CT molecular complexity index is 380. The summed E-state index contributed by atoms with van der Waals surface area (Å²) in [7, 11) is 0. The van der Waals surface area contributed by atoms with Crippen LogP contribution < -0.4 is 5.32 Å². The van der Waals surface area contributed by atoms with Crippen molar-refractivity contribution in [1.29, 1.82) is 0 Å². The molecule has 5 heteroatoms. The van der Waals surface area contributed by atoms with Crippen molar-refractivity contribution in [3.63, 3.8) is 0 Å². The highest BCUT2D eigenvalue weighted by Crippen LogP contribution is 2.13. The van der Waals surface area contributed by atoms with Gasteiger partial charge in [-0.05, 0) is 25.1 Å². The Morgan fingerprint density at radius 2 is 2.06 bits per heavy atom. The zero-order valence-corrected chi connectivity index (χ0v) is 11.9. The molecule has 2 nitrogen and oxygen atoms in total. The molecule has 0 saturated carbocycles. The number of alkyl halides is 2. The maximum atomic E-state index is 12.9. The van der Waals surface area contributed by atoms with Crippen LogP contribution in [0.4, 0.5) is 4.39 Å². The Morgan fingerprint density at radius 1 is 1.44 bits per heavy atom. The van der Waals surface area contributed by atoms with E-state index in [1.54, 1.807) is 6.07 Å². The number of halogens is 3. The third-order valence-electron chi connectivity index (χ3n) is 2.09. The number of hydrogen-bond acceptors (Lipinski definition) is 1. The highest BCUT2D eigenvalue weighted by Gasteiger charge is 2.24. The molecule has 0 aromatic heterocycles. The standard InChI is InChI=1S/C11H12Br2FNO/c1-11(6-12,7-13)15-10(16)8-3-2-4-9(14)5-8/h2-5H,6-7H2,1H3,(H,15,16). The molecule has 1 amide bonds. The second-order valence-electron chi connectivity index (χ2n) is 3.79. The van der Waals surface area contributed by atoms with Crippen molar-refractivity contribution in [3.05, 3.63) is 35.6 Å². The maximum Gasteiger partial charge on any atom is 0.251 e. The fourth-order valence-electron chi connectivity index (χ4n) is 1.08. The number of carbonyl (C=O) groups is 1. The first-order valence-electron chi connectivity index (χ1n) is 4.71. The first kappa shape index (κ1) is 13.6. The monoisotopic (exact) mass is 351 g/mol. The van der Waals surface area contributed by atoms with Gasteiger partial charge in [-0.15, -0.1) is 0 Å². The smallest absolute Gasteiger partial charge is 0.251 e. The van der Waals surface area contributed by atoms with Crippen LogP contribution in [0.2, 0.25) is 0 Å². The van der Waals surface area contributed by atoms with Gasteiger partial charge >= 0.3 is 0 Å². The average Bonchev–Trinajstić information content (AvgIpc) is 2.29. The molecule has 0 heterocycles. The largest absolute Gasteiger partial charge is 0.345 e. The lowest BCUT2D eigenvalue weighted by molar-refractivity contribution is 0.0922. The van der Waals surface area contributed by atoms with Gasteiger partial charge in [-0.1, -0.05) is 37.9 Å². The number of hydrogen-bond donors (Lipinski definition) is 1. The van der Waals surface area contributed by atoms with Gasteiger partial charge in [0.2, 0.25) is 0 Å². The third kappa shape index (κ3) is 3.56. The highest BCUT2D eigenvalue weighted by molar-refractivity contribution is 9.09. The summed E-state index contributed by atoms with van der Waals surface area (Å²) in [6.45, 7) is 1.90. The lowest BCUT2D eigenvalue weighted by atomic mass is 10.1. The molecule has 0 atom stereocenters. The van der Waals surface area contributed by atoms with Gasteiger partial charge in [0.1, 0.15) is 5.82 Å². The van der Waals surface area contributed by atoms with Crippen molar-refractivity contribution >= 4 is 37.8 Å². The Labute approximate surface area is 111 Å². The molecule has 0 saturated heterocycles. The third-order valence-corrected chi connectivity index (χ3v) is 4.57. The summed E-state index contributed by atoms with van der Waals surface area (Å²) >= 11 is 6.66. The number of rotatable bonds is 4. The van der Waals surface area contributed by atoms with Gasteiger partial charge in [0.15, 0.2) is 0 Å². The maximum absolute atomic E-state index is 12.9. The number of amides is 1. The van der Waals surface area contributed by atoms with Gasteiger partial charge in [0.25, 0.3) is 5.91 Å². The summed E-state index contributed by atoms with van der Waals surface area (Å²) in [4.78, 5) is 11.8. The molecule has 1 N–H and O–H groups in total. The van der Waals surface area contributed by atoms with Crippen LogP contribution in [0.3, 0.4) is 0 Å². The van der Waals surface area contributed by atoms with E-state index in [-0.39, 0.29) is 11.4 Å². The summed E-state index contributed by atoms with van der Waals surface area (Å²) in [5.74, 6) is -0.687. The van der Waals surface area contributed by atoms with Crippen molar-refractivity contribution in [3.8, 4) is 0 Å². The van der Waals surface area contributed by atoms with Gasteiger partial charge in [-0.25, -0.2) is 4.39 Å². The Morgan fingerprint density at radius 3 is 2.56 bits per heavy atom. The van der Waals surface area contributed by atoms with Crippen LogP contribution in [-0.4, -0.2) is 22.1 Å². The quantitative estimate of drug-likeness (QED) is 0.829. The van der Waals surface area contributed by atoms with E-state index in [1.165, 1.54) is 18.2 Å². The normalized spacial score (nSPS) is 11.2. The first-order chi connectivity index (χ1) is 7.50. The average molecular weight is 353 g/mol. The fourth-order valence-corrected chi connectivity index (χ4v) is 2.29. The minimum atomic E-state index is -0.410. The summed E-state index contributed by atoms with van der Waals surface area (Å²) < 4.78 is 12.9. The SMILES string of the molecule is CC(CBr)(CBr)NC(=O)c1cccc(F)c1. The molecule has 0 unspecified atom stereocenters. The second-order valence-corrected chi connectivity index (χ2v) is 4.91. The van der Waals surface area contributed by atoms with E-state index in [1.807, 2.05) is 6.92 Å². The van der Waals surface area contributed by atoms with Crippen LogP contribution in [0.1, 0.15) is 17.3 Å². The van der Waals surface area contributed by atoms with E-state index in [0.29, 0.717) is 16.2 Å². The molecule has 88 valence electrons. The number of nitrogens with one attached hydrogen (secondary N) is 1. The molecular formula is C11H12Br2FNO. The molecular weight excluding hydrogens is 341 g/mol. The Hall–Kier alpha value is -0.420. The van der Waals surface area contributed by atoms with E-state index in [4.69, 9.17) is 0 Å². The lowest BCUT2D eigenvalue weighted by Crippen LogP contribution is -2.48. The summed E-state index contributed by atoms with van der Waals surface area (Å²) in [6.07, 6.45) is 0. The van der Waals surface area contributed by atoms with Crippen molar-refractivity contribution in [2.75, 3.05) is 10.7 Å². The molecule has 0 bridgehead atoms. The van der Waals surface area contributed by atoms with Crippen molar-refractivity contribution in [1.82, 2.24) is 5.32 Å². The fraction of sp³-hybridized carbons (Fsp3) is 0.364.